The van der Waals surface area contributed by atoms with Crippen LogP contribution in [0.1, 0.15) is 46.5 Å². The molecular weight excluding hydrogens is 502 g/mol. The van der Waals surface area contributed by atoms with Crippen LogP contribution in [0, 0.1) is 6.92 Å². The van der Waals surface area contributed by atoms with Crippen molar-refractivity contribution in [2.45, 2.75) is 44.5 Å². The summed E-state index contributed by atoms with van der Waals surface area (Å²) in [5.74, 6) is 0.0760. The van der Waals surface area contributed by atoms with E-state index in [9.17, 15) is 13.2 Å². The van der Waals surface area contributed by atoms with Crippen LogP contribution in [-0.4, -0.2) is 67.2 Å². The number of carbonyl (C=O) groups is 1. The van der Waals surface area contributed by atoms with Crippen molar-refractivity contribution in [1.82, 2.24) is 14.1 Å². The van der Waals surface area contributed by atoms with Gasteiger partial charge in [0.1, 0.15) is 0 Å². The van der Waals surface area contributed by atoms with Crippen molar-refractivity contribution in [3.8, 4) is 0 Å². The van der Waals surface area contributed by atoms with E-state index < -0.39 is 10.0 Å². The molecule has 2 aliphatic rings. The molecule has 1 aromatic heterocycles. The highest BCUT2D eigenvalue weighted by Gasteiger charge is 2.38. The van der Waals surface area contributed by atoms with E-state index in [0.717, 1.165) is 18.5 Å². The SMILES string of the molecule is Cc1ccccc1C1c2ccsc2CCN1C(C)C(=O)N1CCCN(S(=O)(=O)Cc2ccccc2)CC1. The van der Waals surface area contributed by atoms with Gasteiger partial charge in [0.25, 0.3) is 0 Å². The van der Waals surface area contributed by atoms with E-state index in [1.54, 1.807) is 15.6 Å². The molecule has 2 atom stereocenters. The Bertz CT molecular complexity index is 1340. The lowest BCUT2D eigenvalue weighted by Gasteiger charge is -2.41. The molecule has 196 valence electrons. The monoisotopic (exact) mass is 537 g/mol. The Hall–Kier alpha value is -2.52. The number of hydrogen-bond donors (Lipinski definition) is 0. The van der Waals surface area contributed by atoms with Crippen molar-refractivity contribution in [2.75, 3.05) is 32.7 Å². The summed E-state index contributed by atoms with van der Waals surface area (Å²) in [5, 5.41) is 2.16. The number of benzene rings is 2. The summed E-state index contributed by atoms with van der Waals surface area (Å²) in [6.07, 6.45) is 1.58. The molecule has 0 N–H and O–H groups in total. The molecule has 3 aromatic rings. The zero-order chi connectivity index (χ0) is 26.0. The summed E-state index contributed by atoms with van der Waals surface area (Å²) >= 11 is 1.80. The van der Waals surface area contributed by atoms with Gasteiger partial charge in [0.15, 0.2) is 0 Å². The highest BCUT2D eigenvalue weighted by molar-refractivity contribution is 7.88. The highest BCUT2D eigenvalue weighted by Crippen LogP contribution is 2.40. The molecule has 5 rings (SSSR count). The quantitative estimate of drug-likeness (QED) is 0.466. The Morgan fingerprint density at radius 2 is 1.70 bits per heavy atom. The van der Waals surface area contributed by atoms with Gasteiger partial charge in [0, 0.05) is 37.6 Å². The number of sulfonamides is 1. The van der Waals surface area contributed by atoms with Crippen LogP contribution in [0.3, 0.4) is 0 Å². The highest BCUT2D eigenvalue weighted by atomic mass is 32.2. The fourth-order valence-electron chi connectivity index (χ4n) is 5.67. The number of rotatable bonds is 6. The first kappa shape index (κ1) is 26.1. The molecule has 6 nitrogen and oxygen atoms in total. The Morgan fingerprint density at radius 3 is 2.49 bits per heavy atom. The maximum Gasteiger partial charge on any atom is 0.239 e. The van der Waals surface area contributed by atoms with Crippen LogP contribution in [0.25, 0.3) is 0 Å². The molecule has 1 amide bonds. The fraction of sp³-hybridized carbons (Fsp3) is 0.414. The molecule has 8 heteroatoms. The molecule has 2 aromatic carbocycles. The number of aryl methyl sites for hydroxylation is 1. The van der Waals surface area contributed by atoms with Crippen molar-refractivity contribution in [3.05, 3.63) is 93.2 Å². The van der Waals surface area contributed by atoms with E-state index in [2.05, 4.69) is 47.5 Å². The number of hydrogen-bond acceptors (Lipinski definition) is 5. The van der Waals surface area contributed by atoms with Crippen molar-refractivity contribution in [2.24, 2.45) is 0 Å². The zero-order valence-electron chi connectivity index (χ0n) is 21.5. The second-order valence-electron chi connectivity index (χ2n) is 10.0. The topological polar surface area (TPSA) is 60.9 Å². The molecule has 0 radical (unpaired) electrons. The number of nitrogens with zero attached hydrogens (tertiary/aromatic N) is 3. The van der Waals surface area contributed by atoms with Gasteiger partial charge >= 0.3 is 0 Å². The summed E-state index contributed by atoms with van der Waals surface area (Å²) in [5.41, 5.74) is 4.56. The Balaban J connectivity index is 1.31. The molecule has 2 unspecified atom stereocenters. The number of thiophene rings is 1. The maximum absolute atomic E-state index is 13.8. The largest absolute Gasteiger partial charge is 0.340 e. The third kappa shape index (κ3) is 5.53. The van der Waals surface area contributed by atoms with Gasteiger partial charge in [-0.25, -0.2) is 8.42 Å². The first-order valence-corrected chi connectivity index (χ1v) is 15.5. The third-order valence-electron chi connectivity index (χ3n) is 7.69. The smallest absolute Gasteiger partial charge is 0.239 e. The molecule has 37 heavy (non-hydrogen) atoms. The average molecular weight is 538 g/mol. The average Bonchev–Trinajstić information content (AvgIpc) is 3.23. The van der Waals surface area contributed by atoms with Crippen molar-refractivity contribution in [3.63, 3.8) is 0 Å². The molecule has 0 spiro atoms. The third-order valence-corrected chi connectivity index (χ3v) is 10.5. The van der Waals surface area contributed by atoms with Crippen molar-refractivity contribution in [1.29, 1.82) is 0 Å². The lowest BCUT2D eigenvalue weighted by Crippen LogP contribution is -2.51. The van der Waals surface area contributed by atoms with E-state index >= 15 is 0 Å². The number of fused-ring (bicyclic) bond motifs is 1. The van der Waals surface area contributed by atoms with Crippen LogP contribution < -0.4 is 0 Å². The second-order valence-corrected chi connectivity index (χ2v) is 13.0. The van der Waals surface area contributed by atoms with Gasteiger partial charge in [-0.3, -0.25) is 9.69 Å². The van der Waals surface area contributed by atoms with Gasteiger partial charge < -0.3 is 4.90 Å². The Kier molecular flexibility index (Phi) is 7.81. The lowest BCUT2D eigenvalue weighted by molar-refractivity contribution is -0.137. The van der Waals surface area contributed by atoms with Crippen LogP contribution in [0.5, 0.6) is 0 Å². The molecular formula is C29H35N3O3S2. The van der Waals surface area contributed by atoms with Gasteiger partial charge in [0.05, 0.1) is 17.8 Å². The minimum atomic E-state index is -3.44. The summed E-state index contributed by atoms with van der Waals surface area (Å²) in [6, 6.07) is 19.7. The standard InChI is InChI=1S/C29H35N3O3S2/c1-22-9-6-7-12-25(22)28-26-14-20-36-27(26)13-17-32(28)23(2)29(33)30-15-8-16-31(19-18-30)37(34,35)21-24-10-4-3-5-11-24/h3-7,9-12,14,20,23,28H,8,13,15-19,21H2,1-2H3. The van der Waals surface area contributed by atoms with Crippen LogP contribution >= 0.6 is 11.3 Å². The number of amides is 1. The Morgan fingerprint density at radius 1 is 0.946 bits per heavy atom. The second kappa shape index (κ2) is 11.1. The zero-order valence-corrected chi connectivity index (χ0v) is 23.2. The lowest BCUT2D eigenvalue weighted by atomic mass is 9.89. The van der Waals surface area contributed by atoms with Crippen LogP contribution in [0.2, 0.25) is 0 Å². The first-order chi connectivity index (χ1) is 17.8. The number of carbonyl (C=O) groups excluding carboxylic acids is 1. The van der Waals surface area contributed by atoms with Crippen LogP contribution in [0.4, 0.5) is 0 Å². The van der Waals surface area contributed by atoms with Crippen LogP contribution in [-0.2, 0) is 27.0 Å². The summed E-state index contributed by atoms with van der Waals surface area (Å²) in [4.78, 5) is 19.4. The van der Waals surface area contributed by atoms with Gasteiger partial charge in [0.2, 0.25) is 15.9 Å². The minimum Gasteiger partial charge on any atom is -0.340 e. The van der Waals surface area contributed by atoms with E-state index in [1.165, 1.54) is 21.6 Å². The maximum atomic E-state index is 13.8. The fourth-order valence-corrected chi connectivity index (χ4v) is 8.13. The summed E-state index contributed by atoms with van der Waals surface area (Å²) in [7, 11) is -3.44. The molecule has 1 fully saturated rings. The molecule has 0 saturated carbocycles. The molecule has 0 bridgehead atoms. The molecule has 0 aliphatic carbocycles. The predicted octanol–water partition coefficient (Wildman–Crippen LogP) is 4.46. The van der Waals surface area contributed by atoms with Crippen molar-refractivity contribution >= 4 is 27.3 Å². The normalized spacial score (nSPS) is 20.3. The molecule has 2 aliphatic heterocycles. The first-order valence-electron chi connectivity index (χ1n) is 13.0. The van der Waals surface area contributed by atoms with Gasteiger partial charge in [-0.1, -0.05) is 54.6 Å². The van der Waals surface area contributed by atoms with Crippen LogP contribution in [0.15, 0.2) is 66.0 Å². The predicted molar refractivity (Wildman–Crippen MR) is 149 cm³/mol. The van der Waals surface area contributed by atoms with Gasteiger partial charge in [-0.2, -0.15) is 4.31 Å². The summed E-state index contributed by atoms with van der Waals surface area (Å²) in [6.45, 7) is 6.76. The summed E-state index contributed by atoms with van der Waals surface area (Å²) < 4.78 is 27.8. The van der Waals surface area contributed by atoms with Gasteiger partial charge in [-0.05, 0) is 60.4 Å². The molecule has 1 saturated heterocycles. The Labute approximate surface area is 224 Å². The van der Waals surface area contributed by atoms with E-state index in [1.807, 2.05) is 42.2 Å². The van der Waals surface area contributed by atoms with E-state index in [-0.39, 0.29) is 23.7 Å². The van der Waals surface area contributed by atoms with E-state index in [0.29, 0.717) is 32.6 Å². The van der Waals surface area contributed by atoms with E-state index in [4.69, 9.17) is 0 Å². The van der Waals surface area contributed by atoms with Crippen molar-refractivity contribution < 1.29 is 13.2 Å². The minimum absolute atomic E-state index is 0.00690. The molecule has 3 heterocycles. The van der Waals surface area contributed by atoms with Gasteiger partial charge in [-0.15, -0.1) is 11.3 Å².